The van der Waals surface area contributed by atoms with Gasteiger partial charge < -0.3 is 15.3 Å². The molecule has 0 aliphatic rings. The van der Waals surface area contributed by atoms with Gasteiger partial charge in [-0.25, -0.2) is 4.39 Å². The van der Waals surface area contributed by atoms with Gasteiger partial charge in [0.2, 0.25) is 0 Å². The first kappa shape index (κ1) is 27.2. The number of amides is 2. The van der Waals surface area contributed by atoms with E-state index in [1.165, 1.54) is 17.0 Å². The van der Waals surface area contributed by atoms with Crippen LogP contribution < -0.4 is 5.32 Å². The summed E-state index contributed by atoms with van der Waals surface area (Å²) in [5, 5.41) is 12.1. The number of aromatic nitrogens is 1. The van der Waals surface area contributed by atoms with Crippen LogP contribution in [0.2, 0.25) is 0 Å². The molecule has 198 valence electrons. The molecule has 0 spiro atoms. The Labute approximate surface area is 225 Å². The molecule has 0 aliphatic heterocycles. The van der Waals surface area contributed by atoms with Crippen molar-refractivity contribution >= 4 is 17.8 Å². The highest BCUT2D eigenvalue weighted by Gasteiger charge is 2.22. The molecular formula is C31H28FN3O4. The summed E-state index contributed by atoms with van der Waals surface area (Å²) in [4.78, 5) is 44.1. The van der Waals surface area contributed by atoms with Crippen molar-refractivity contribution in [3.63, 3.8) is 0 Å². The Morgan fingerprint density at radius 1 is 0.795 bits per heavy atom. The topological polar surface area (TPSA) is 99.6 Å². The number of benzene rings is 3. The maximum Gasteiger partial charge on any atom is 0.305 e. The van der Waals surface area contributed by atoms with Crippen molar-refractivity contribution in [2.45, 2.75) is 19.4 Å². The minimum absolute atomic E-state index is 0.0368. The standard InChI is InChI=1S/C31H28FN3O4/c32-23-14-12-22(13-15-23)21-34-30(38)27-10-3-1-8-25(27)26-9-2-4-11-28(26)31(39)35(20-17-29(36)37)19-16-24-7-5-6-18-33-24/h1-15,18H,16-17,19-21H2,(H,34,38)(H,36,37). The molecule has 1 heterocycles. The number of pyridine rings is 1. The molecule has 3 aromatic carbocycles. The van der Waals surface area contributed by atoms with Gasteiger partial charge in [-0.15, -0.1) is 0 Å². The van der Waals surface area contributed by atoms with Gasteiger partial charge in [-0.3, -0.25) is 19.4 Å². The Morgan fingerprint density at radius 2 is 1.44 bits per heavy atom. The highest BCUT2D eigenvalue weighted by Crippen LogP contribution is 2.28. The molecular weight excluding hydrogens is 497 g/mol. The fraction of sp³-hybridized carbons (Fsp3) is 0.161. The van der Waals surface area contributed by atoms with Crippen LogP contribution in [0.15, 0.2) is 97.2 Å². The van der Waals surface area contributed by atoms with Crippen LogP contribution in [0.5, 0.6) is 0 Å². The molecule has 0 fully saturated rings. The molecule has 4 rings (SSSR count). The molecule has 1 aromatic heterocycles. The van der Waals surface area contributed by atoms with Gasteiger partial charge in [-0.05, 0) is 53.1 Å². The molecule has 0 aliphatic carbocycles. The predicted molar refractivity (Wildman–Crippen MR) is 146 cm³/mol. The van der Waals surface area contributed by atoms with E-state index in [4.69, 9.17) is 0 Å². The quantitative estimate of drug-likeness (QED) is 0.288. The highest BCUT2D eigenvalue weighted by molar-refractivity contribution is 6.06. The summed E-state index contributed by atoms with van der Waals surface area (Å²) in [6.07, 6.45) is 1.95. The zero-order chi connectivity index (χ0) is 27.6. The van der Waals surface area contributed by atoms with E-state index in [1.807, 2.05) is 12.1 Å². The lowest BCUT2D eigenvalue weighted by Crippen LogP contribution is -2.35. The smallest absolute Gasteiger partial charge is 0.305 e. The Balaban J connectivity index is 1.60. The SMILES string of the molecule is O=C(O)CCN(CCc1ccccn1)C(=O)c1ccccc1-c1ccccc1C(=O)NCc1ccc(F)cc1. The lowest BCUT2D eigenvalue weighted by Gasteiger charge is -2.24. The molecule has 7 nitrogen and oxygen atoms in total. The molecule has 0 radical (unpaired) electrons. The van der Waals surface area contributed by atoms with E-state index < -0.39 is 5.97 Å². The zero-order valence-corrected chi connectivity index (χ0v) is 21.2. The number of nitrogens with one attached hydrogen (secondary N) is 1. The predicted octanol–water partition coefficient (Wildman–Crippen LogP) is 4.98. The van der Waals surface area contributed by atoms with Crippen molar-refractivity contribution in [2.24, 2.45) is 0 Å². The number of carboxylic acid groups (broad SMARTS) is 1. The van der Waals surface area contributed by atoms with Crippen molar-refractivity contribution < 1.29 is 23.9 Å². The van der Waals surface area contributed by atoms with Gasteiger partial charge in [0.1, 0.15) is 5.82 Å². The zero-order valence-electron chi connectivity index (χ0n) is 21.2. The first-order chi connectivity index (χ1) is 18.9. The van der Waals surface area contributed by atoms with Gasteiger partial charge in [0.15, 0.2) is 0 Å². The third kappa shape index (κ3) is 7.35. The van der Waals surface area contributed by atoms with Gasteiger partial charge >= 0.3 is 5.97 Å². The molecule has 0 unspecified atom stereocenters. The first-order valence-corrected chi connectivity index (χ1v) is 12.5. The van der Waals surface area contributed by atoms with E-state index in [9.17, 15) is 23.9 Å². The number of nitrogens with zero attached hydrogens (tertiary/aromatic N) is 2. The second-order valence-corrected chi connectivity index (χ2v) is 8.91. The van der Waals surface area contributed by atoms with Crippen molar-refractivity contribution in [1.82, 2.24) is 15.2 Å². The van der Waals surface area contributed by atoms with Crippen LogP contribution in [0.1, 0.15) is 38.4 Å². The molecule has 2 amide bonds. The second-order valence-electron chi connectivity index (χ2n) is 8.91. The fourth-order valence-electron chi connectivity index (χ4n) is 4.21. The number of rotatable bonds is 11. The van der Waals surface area contributed by atoms with Crippen molar-refractivity contribution in [3.8, 4) is 11.1 Å². The van der Waals surface area contributed by atoms with E-state index in [-0.39, 0.29) is 43.7 Å². The Bertz CT molecular complexity index is 1440. The van der Waals surface area contributed by atoms with Crippen LogP contribution in [0, 0.1) is 5.82 Å². The summed E-state index contributed by atoms with van der Waals surface area (Å²) >= 11 is 0. The lowest BCUT2D eigenvalue weighted by molar-refractivity contribution is -0.137. The molecule has 2 N–H and O–H groups in total. The number of carbonyl (C=O) groups is 3. The van der Waals surface area contributed by atoms with Gasteiger partial charge in [0.05, 0.1) is 6.42 Å². The number of carboxylic acids is 1. The van der Waals surface area contributed by atoms with Crippen molar-refractivity contribution in [2.75, 3.05) is 13.1 Å². The number of carbonyl (C=O) groups excluding carboxylic acids is 2. The van der Waals surface area contributed by atoms with Gasteiger partial charge in [-0.2, -0.15) is 0 Å². The molecule has 8 heteroatoms. The average Bonchev–Trinajstić information content (AvgIpc) is 2.97. The van der Waals surface area contributed by atoms with Crippen LogP contribution in [0.25, 0.3) is 11.1 Å². The third-order valence-corrected chi connectivity index (χ3v) is 6.23. The number of halogens is 1. The molecule has 39 heavy (non-hydrogen) atoms. The number of hydrogen-bond donors (Lipinski definition) is 2. The van der Waals surface area contributed by atoms with Crippen LogP contribution in [0.4, 0.5) is 4.39 Å². The number of hydrogen-bond acceptors (Lipinski definition) is 4. The summed E-state index contributed by atoms with van der Waals surface area (Å²) in [6, 6.07) is 25.4. The number of aliphatic carboxylic acids is 1. The van der Waals surface area contributed by atoms with E-state index in [1.54, 1.807) is 72.9 Å². The normalized spacial score (nSPS) is 10.6. The van der Waals surface area contributed by atoms with E-state index >= 15 is 0 Å². The molecule has 0 saturated carbocycles. The van der Waals surface area contributed by atoms with E-state index in [2.05, 4.69) is 10.3 Å². The summed E-state index contributed by atoms with van der Waals surface area (Å²) in [5.41, 5.74) is 3.42. The fourth-order valence-corrected chi connectivity index (χ4v) is 4.21. The summed E-state index contributed by atoms with van der Waals surface area (Å²) in [6.45, 7) is 0.539. The minimum atomic E-state index is -0.998. The summed E-state index contributed by atoms with van der Waals surface area (Å²) < 4.78 is 13.2. The average molecular weight is 526 g/mol. The van der Waals surface area contributed by atoms with Crippen LogP contribution in [0.3, 0.4) is 0 Å². The van der Waals surface area contributed by atoms with Gasteiger partial charge in [-0.1, -0.05) is 54.6 Å². The van der Waals surface area contributed by atoms with Crippen LogP contribution in [-0.4, -0.2) is 45.9 Å². The second kappa shape index (κ2) is 13.1. The molecule has 0 bridgehead atoms. The Kier molecular flexibility index (Phi) is 9.13. The Hall–Kier alpha value is -4.85. The third-order valence-electron chi connectivity index (χ3n) is 6.23. The maximum atomic E-state index is 13.8. The van der Waals surface area contributed by atoms with Crippen molar-refractivity contribution in [3.05, 3.63) is 125 Å². The molecule has 4 aromatic rings. The van der Waals surface area contributed by atoms with E-state index in [0.29, 0.717) is 28.7 Å². The monoisotopic (exact) mass is 525 g/mol. The highest BCUT2D eigenvalue weighted by atomic mass is 19.1. The molecule has 0 saturated heterocycles. The van der Waals surface area contributed by atoms with Crippen molar-refractivity contribution in [1.29, 1.82) is 0 Å². The first-order valence-electron chi connectivity index (χ1n) is 12.5. The summed E-state index contributed by atoms with van der Waals surface area (Å²) in [7, 11) is 0. The van der Waals surface area contributed by atoms with Crippen LogP contribution in [-0.2, 0) is 17.8 Å². The largest absolute Gasteiger partial charge is 0.481 e. The maximum absolute atomic E-state index is 13.8. The minimum Gasteiger partial charge on any atom is -0.481 e. The lowest BCUT2D eigenvalue weighted by atomic mass is 9.94. The Morgan fingerprint density at radius 3 is 2.10 bits per heavy atom. The van der Waals surface area contributed by atoms with E-state index in [0.717, 1.165) is 11.3 Å². The van der Waals surface area contributed by atoms with Gasteiger partial charge in [0, 0.05) is 49.1 Å². The summed E-state index contributed by atoms with van der Waals surface area (Å²) in [5.74, 6) is -2.02. The van der Waals surface area contributed by atoms with Gasteiger partial charge in [0.25, 0.3) is 11.8 Å². The van der Waals surface area contributed by atoms with Crippen LogP contribution >= 0.6 is 0 Å². The molecule has 0 atom stereocenters.